The molecule has 0 heterocycles. The van der Waals surface area contributed by atoms with Crippen LogP contribution >= 0.6 is 34.0 Å². The van der Waals surface area contributed by atoms with E-state index in [4.69, 9.17) is 0 Å². The van der Waals surface area contributed by atoms with Gasteiger partial charge in [0.05, 0.1) is 0 Å². The molecule has 3 aromatic rings. The third-order valence-electron chi connectivity index (χ3n) is 4.74. The molecule has 0 amide bonds. The Morgan fingerprint density at radius 3 is 1.57 bits per heavy atom. The quantitative estimate of drug-likeness (QED) is 0.219. The number of hydrogen-bond donors (Lipinski definition) is 4. The van der Waals surface area contributed by atoms with E-state index in [-0.39, 0.29) is 45.5 Å². The molecule has 4 N–H and O–H groups in total. The molecule has 0 aliphatic carbocycles. The standard InChI is InChI=1S/C24H28N2O2.2BrH/c27-23-11-10-20(16-24(23)28)13-15-26-18-22-8-6-21(7-9-22)17-25-14-12-19-4-2-1-3-5-19;;/h1-11,16,25-28H,12-15,17-18H2;2*1H. The first-order chi connectivity index (χ1) is 13.7. The first-order valence-electron chi connectivity index (χ1n) is 9.75. The second-order valence-corrected chi connectivity index (χ2v) is 6.98. The molecular formula is C24H30Br2N2O2. The van der Waals surface area contributed by atoms with Crippen LogP contribution in [0.4, 0.5) is 0 Å². The maximum atomic E-state index is 9.52. The summed E-state index contributed by atoms with van der Waals surface area (Å²) in [6, 6.07) is 24.2. The number of halogens is 2. The predicted molar refractivity (Wildman–Crippen MR) is 134 cm³/mol. The van der Waals surface area contributed by atoms with Gasteiger partial charge >= 0.3 is 0 Å². The summed E-state index contributed by atoms with van der Waals surface area (Å²) >= 11 is 0. The van der Waals surface area contributed by atoms with E-state index in [9.17, 15) is 10.2 Å². The van der Waals surface area contributed by atoms with Crippen LogP contribution in [0.3, 0.4) is 0 Å². The van der Waals surface area contributed by atoms with Crippen molar-refractivity contribution in [2.75, 3.05) is 13.1 Å². The number of nitrogens with one attached hydrogen (secondary N) is 2. The van der Waals surface area contributed by atoms with Crippen molar-refractivity contribution < 1.29 is 10.2 Å². The van der Waals surface area contributed by atoms with Crippen LogP contribution in [0.15, 0.2) is 72.8 Å². The fourth-order valence-corrected chi connectivity index (χ4v) is 3.08. The molecule has 0 aromatic heterocycles. The van der Waals surface area contributed by atoms with E-state index < -0.39 is 0 Å². The SMILES string of the molecule is Br.Br.Oc1ccc(CCNCc2ccc(CNCCc3ccccc3)cc2)cc1O. The van der Waals surface area contributed by atoms with Crippen LogP contribution < -0.4 is 10.6 Å². The zero-order valence-corrected chi connectivity index (χ0v) is 20.3. The van der Waals surface area contributed by atoms with Crippen LogP contribution in [0.2, 0.25) is 0 Å². The fraction of sp³-hybridized carbons (Fsp3) is 0.250. The summed E-state index contributed by atoms with van der Waals surface area (Å²) in [5.74, 6) is -0.142. The largest absolute Gasteiger partial charge is 0.504 e. The molecule has 4 nitrogen and oxygen atoms in total. The Morgan fingerprint density at radius 1 is 0.533 bits per heavy atom. The van der Waals surface area contributed by atoms with Gasteiger partial charge in [-0.15, -0.1) is 34.0 Å². The predicted octanol–water partition coefficient (Wildman–Crippen LogP) is 4.92. The first kappa shape index (κ1) is 26.2. The summed E-state index contributed by atoms with van der Waals surface area (Å²) in [6.07, 6.45) is 1.85. The molecule has 162 valence electrons. The van der Waals surface area contributed by atoms with Crippen LogP contribution in [-0.2, 0) is 25.9 Å². The lowest BCUT2D eigenvalue weighted by Gasteiger charge is -2.08. The van der Waals surface area contributed by atoms with Crippen LogP contribution in [0, 0.1) is 0 Å². The number of aromatic hydroxyl groups is 2. The van der Waals surface area contributed by atoms with E-state index in [0.717, 1.165) is 44.6 Å². The van der Waals surface area contributed by atoms with Gasteiger partial charge in [0, 0.05) is 13.1 Å². The molecule has 3 rings (SSSR count). The maximum absolute atomic E-state index is 9.52. The minimum absolute atomic E-state index is 0. The number of phenols is 2. The molecule has 0 bridgehead atoms. The second kappa shape index (κ2) is 14.2. The van der Waals surface area contributed by atoms with Gasteiger partial charge in [0.25, 0.3) is 0 Å². The van der Waals surface area contributed by atoms with Crippen LogP contribution in [0.5, 0.6) is 11.5 Å². The highest BCUT2D eigenvalue weighted by molar-refractivity contribution is 8.93. The minimum Gasteiger partial charge on any atom is -0.504 e. The average molecular weight is 538 g/mol. The van der Waals surface area contributed by atoms with E-state index in [0.29, 0.717) is 0 Å². The Bertz CT molecular complexity index is 859. The van der Waals surface area contributed by atoms with Gasteiger partial charge in [-0.2, -0.15) is 0 Å². The van der Waals surface area contributed by atoms with Gasteiger partial charge in [-0.25, -0.2) is 0 Å². The average Bonchev–Trinajstić information content (AvgIpc) is 2.73. The van der Waals surface area contributed by atoms with E-state index in [2.05, 4.69) is 59.2 Å². The van der Waals surface area contributed by atoms with Crippen molar-refractivity contribution in [3.05, 3.63) is 95.1 Å². The second-order valence-electron chi connectivity index (χ2n) is 6.98. The molecule has 0 radical (unpaired) electrons. The highest BCUT2D eigenvalue weighted by Crippen LogP contribution is 2.24. The molecule has 3 aromatic carbocycles. The van der Waals surface area contributed by atoms with Crippen molar-refractivity contribution in [1.29, 1.82) is 0 Å². The van der Waals surface area contributed by atoms with Crippen molar-refractivity contribution in [3.63, 3.8) is 0 Å². The molecular weight excluding hydrogens is 508 g/mol. The minimum atomic E-state index is -0.0774. The molecule has 0 aliphatic heterocycles. The lowest BCUT2D eigenvalue weighted by atomic mass is 10.1. The summed E-state index contributed by atoms with van der Waals surface area (Å²) < 4.78 is 0. The Hall–Kier alpha value is -1.86. The topological polar surface area (TPSA) is 64.5 Å². The van der Waals surface area contributed by atoms with Gasteiger partial charge in [-0.05, 0) is 60.3 Å². The Balaban J connectivity index is 0.00000225. The third kappa shape index (κ3) is 8.88. The van der Waals surface area contributed by atoms with Crippen LogP contribution in [-0.4, -0.2) is 23.3 Å². The summed E-state index contributed by atoms with van der Waals surface area (Å²) in [6.45, 7) is 3.48. The Kier molecular flexibility index (Phi) is 12.4. The normalized spacial score (nSPS) is 10.1. The van der Waals surface area contributed by atoms with E-state index in [1.165, 1.54) is 22.8 Å². The molecule has 0 atom stereocenters. The van der Waals surface area contributed by atoms with Gasteiger partial charge in [-0.1, -0.05) is 60.7 Å². The number of benzene rings is 3. The highest BCUT2D eigenvalue weighted by atomic mass is 79.9. The zero-order chi connectivity index (χ0) is 19.6. The van der Waals surface area contributed by atoms with E-state index in [1.807, 2.05) is 12.1 Å². The van der Waals surface area contributed by atoms with Crippen molar-refractivity contribution in [2.24, 2.45) is 0 Å². The lowest BCUT2D eigenvalue weighted by Crippen LogP contribution is -2.17. The molecule has 0 aliphatic rings. The Morgan fingerprint density at radius 2 is 1.03 bits per heavy atom. The summed E-state index contributed by atoms with van der Waals surface area (Å²) in [5, 5.41) is 25.8. The zero-order valence-electron chi connectivity index (χ0n) is 16.9. The van der Waals surface area contributed by atoms with E-state index >= 15 is 0 Å². The molecule has 0 saturated heterocycles. The molecule has 0 unspecified atom stereocenters. The van der Waals surface area contributed by atoms with Gasteiger partial charge < -0.3 is 20.8 Å². The summed E-state index contributed by atoms with van der Waals surface area (Å²) in [4.78, 5) is 0. The number of phenolic OH excluding ortho intramolecular Hbond substituents is 2. The third-order valence-corrected chi connectivity index (χ3v) is 4.74. The van der Waals surface area contributed by atoms with Gasteiger partial charge in [0.1, 0.15) is 0 Å². The first-order valence-corrected chi connectivity index (χ1v) is 9.75. The maximum Gasteiger partial charge on any atom is 0.157 e. The molecule has 30 heavy (non-hydrogen) atoms. The van der Waals surface area contributed by atoms with Crippen molar-refractivity contribution in [2.45, 2.75) is 25.9 Å². The molecule has 6 heteroatoms. The molecule has 0 saturated carbocycles. The van der Waals surface area contributed by atoms with Gasteiger partial charge in [-0.3, -0.25) is 0 Å². The van der Waals surface area contributed by atoms with Crippen molar-refractivity contribution in [3.8, 4) is 11.5 Å². The fourth-order valence-electron chi connectivity index (χ4n) is 3.08. The smallest absolute Gasteiger partial charge is 0.157 e. The van der Waals surface area contributed by atoms with E-state index in [1.54, 1.807) is 6.07 Å². The van der Waals surface area contributed by atoms with Gasteiger partial charge in [0.15, 0.2) is 11.5 Å². The monoisotopic (exact) mass is 536 g/mol. The number of rotatable bonds is 10. The van der Waals surface area contributed by atoms with Crippen LogP contribution in [0.1, 0.15) is 22.3 Å². The molecule has 0 spiro atoms. The summed E-state index contributed by atoms with van der Waals surface area (Å²) in [5.41, 5.74) is 4.90. The van der Waals surface area contributed by atoms with Crippen LogP contribution in [0.25, 0.3) is 0 Å². The Labute approximate surface area is 199 Å². The van der Waals surface area contributed by atoms with Crippen molar-refractivity contribution in [1.82, 2.24) is 10.6 Å². The lowest BCUT2D eigenvalue weighted by molar-refractivity contribution is 0.403. The van der Waals surface area contributed by atoms with Gasteiger partial charge in [0.2, 0.25) is 0 Å². The van der Waals surface area contributed by atoms with Crippen molar-refractivity contribution >= 4 is 34.0 Å². The highest BCUT2D eigenvalue weighted by Gasteiger charge is 2.01. The molecule has 0 fully saturated rings. The summed E-state index contributed by atoms with van der Waals surface area (Å²) in [7, 11) is 0. The number of hydrogen-bond acceptors (Lipinski definition) is 4.